The molecule has 1 fully saturated rings. The molecule has 0 unspecified atom stereocenters. The van der Waals surface area contributed by atoms with E-state index in [1.807, 2.05) is 17.0 Å². The van der Waals surface area contributed by atoms with E-state index in [9.17, 15) is 4.79 Å². The molecule has 152 valence electrons. The molecule has 0 N–H and O–H groups in total. The van der Waals surface area contributed by atoms with E-state index in [0.717, 1.165) is 55.0 Å². The second-order valence-corrected chi connectivity index (χ2v) is 8.01. The van der Waals surface area contributed by atoms with Crippen LogP contribution in [0.2, 0.25) is 0 Å². The van der Waals surface area contributed by atoms with Gasteiger partial charge in [0.25, 0.3) is 0 Å². The SMILES string of the molecule is CC(=O)N1CCC[C@H]1c1nc2ccccc2n1CCCOc1cc(C)cc(C)c1. The second-order valence-electron chi connectivity index (χ2n) is 8.01. The number of rotatable bonds is 6. The number of hydrogen-bond donors (Lipinski definition) is 0. The highest BCUT2D eigenvalue weighted by molar-refractivity contribution is 5.77. The largest absolute Gasteiger partial charge is 0.494 e. The van der Waals surface area contributed by atoms with Gasteiger partial charge in [0.15, 0.2) is 0 Å². The summed E-state index contributed by atoms with van der Waals surface area (Å²) in [6, 6.07) is 14.6. The Morgan fingerprint density at radius 2 is 1.93 bits per heavy atom. The lowest BCUT2D eigenvalue weighted by molar-refractivity contribution is -0.129. The Labute approximate surface area is 172 Å². The fourth-order valence-corrected chi connectivity index (χ4v) is 4.42. The molecular weight excluding hydrogens is 362 g/mol. The van der Waals surface area contributed by atoms with Gasteiger partial charge in [0.1, 0.15) is 11.6 Å². The number of para-hydroxylation sites is 2. The number of benzene rings is 2. The lowest BCUT2D eigenvalue weighted by Gasteiger charge is -2.24. The van der Waals surface area contributed by atoms with Gasteiger partial charge in [-0.3, -0.25) is 4.79 Å². The van der Waals surface area contributed by atoms with Crippen LogP contribution >= 0.6 is 0 Å². The van der Waals surface area contributed by atoms with Crippen LogP contribution in [0.25, 0.3) is 11.0 Å². The third kappa shape index (κ3) is 4.14. The lowest BCUT2D eigenvalue weighted by Crippen LogP contribution is -2.30. The van der Waals surface area contributed by atoms with Crippen molar-refractivity contribution in [2.45, 2.75) is 52.6 Å². The Hall–Kier alpha value is -2.82. The predicted octanol–water partition coefficient (Wildman–Crippen LogP) is 4.81. The Morgan fingerprint density at radius 3 is 2.69 bits per heavy atom. The molecule has 1 aliphatic rings. The molecule has 4 rings (SSSR count). The Balaban J connectivity index is 1.52. The summed E-state index contributed by atoms with van der Waals surface area (Å²) in [6.07, 6.45) is 2.89. The zero-order chi connectivity index (χ0) is 20.4. The van der Waals surface area contributed by atoms with Crippen LogP contribution in [0.3, 0.4) is 0 Å². The van der Waals surface area contributed by atoms with Gasteiger partial charge in [-0.1, -0.05) is 18.2 Å². The molecule has 5 nitrogen and oxygen atoms in total. The number of carbonyl (C=O) groups excluding carboxylic acids is 1. The van der Waals surface area contributed by atoms with Gasteiger partial charge < -0.3 is 14.2 Å². The summed E-state index contributed by atoms with van der Waals surface area (Å²) in [5.74, 6) is 2.06. The average molecular weight is 392 g/mol. The number of imidazole rings is 1. The number of fused-ring (bicyclic) bond motifs is 1. The third-order valence-corrected chi connectivity index (χ3v) is 5.63. The molecule has 0 radical (unpaired) electrons. The van der Waals surface area contributed by atoms with Crippen molar-refractivity contribution in [3.8, 4) is 5.75 Å². The number of likely N-dealkylation sites (tertiary alicyclic amines) is 1. The number of amides is 1. The van der Waals surface area contributed by atoms with Crippen LogP contribution in [0.15, 0.2) is 42.5 Å². The van der Waals surface area contributed by atoms with Gasteiger partial charge in [-0.2, -0.15) is 0 Å². The van der Waals surface area contributed by atoms with Crippen molar-refractivity contribution in [3.63, 3.8) is 0 Å². The summed E-state index contributed by atoms with van der Waals surface area (Å²) in [5.41, 5.74) is 4.55. The molecule has 2 aromatic carbocycles. The molecule has 0 spiro atoms. The van der Waals surface area contributed by atoms with Crippen molar-refractivity contribution in [1.82, 2.24) is 14.5 Å². The molecular formula is C24H29N3O2. The number of aromatic nitrogens is 2. The van der Waals surface area contributed by atoms with Gasteiger partial charge in [-0.05, 0) is 68.5 Å². The van der Waals surface area contributed by atoms with Gasteiger partial charge >= 0.3 is 0 Å². The highest BCUT2D eigenvalue weighted by Gasteiger charge is 2.32. The van der Waals surface area contributed by atoms with E-state index in [1.165, 1.54) is 11.1 Å². The van der Waals surface area contributed by atoms with Gasteiger partial charge in [0.05, 0.1) is 23.7 Å². The van der Waals surface area contributed by atoms with E-state index in [-0.39, 0.29) is 11.9 Å². The molecule has 3 aromatic rings. The van der Waals surface area contributed by atoms with Crippen LogP contribution in [0.1, 0.15) is 49.2 Å². The fraction of sp³-hybridized carbons (Fsp3) is 0.417. The Bertz CT molecular complexity index is 1000. The quantitative estimate of drug-likeness (QED) is 0.567. The van der Waals surface area contributed by atoms with E-state index in [0.29, 0.717) is 6.61 Å². The normalized spacial score (nSPS) is 16.5. The van der Waals surface area contributed by atoms with Crippen molar-refractivity contribution in [2.24, 2.45) is 0 Å². The van der Waals surface area contributed by atoms with Gasteiger partial charge in [0.2, 0.25) is 5.91 Å². The lowest BCUT2D eigenvalue weighted by atomic mass is 10.1. The first-order chi connectivity index (χ1) is 14.0. The van der Waals surface area contributed by atoms with Crippen LogP contribution in [0.4, 0.5) is 0 Å². The zero-order valence-electron chi connectivity index (χ0n) is 17.5. The molecule has 1 amide bonds. The molecule has 1 aliphatic heterocycles. The summed E-state index contributed by atoms with van der Waals surface area (Å²) in [4.78, 5) is 19.0. The van der Waals surface area contributed by atoms with Crippen molar-refractivity contribution >= 4 is 16.9 Å². The van der Waals surface area contributed by atoms with E-state index < -0.39 is 0 Å². The minimum Gasteiger partial charge on any atom is -0.494 e. The maximum atomic E-state index is 12.1. The standard InChI is InChI=1S/C24H29N3O2/c1-17-14-18(2)16-20(15-17)29-13-7-12-27-22-9-5-4-8-21(22)25-24(27)23-10-6-11-26(23)19(3)28/h4-5,8-9,14-16,23H,6-7,10-13H2,1-3H3/t23-/m0/s1. The van der Waals surface area contributed by atoms with Crippen molar-refractivity contribution < 1.29 is 9.53 Å². The smallest absolute Gasteiger partial charge is 0.220 e. The summed E-state index contributed by atoms with van der Waals surface area (Å²) in [5, 5.41) is 0. The van der Waals surface area contributed by atoms with Crippen LogP contribution < -0.4 is 4.74 Å². The summed E-state index contributed by atoms with van der Waals surface area (Å²) >= 11 is 0. The van der Waals surface area contributed by atoms with Crippen molar-refractivity contribution in [2.75, 3.05) is 13.2 Å². The molecule has 0 bridgehead atoms. The average Bonchev–Trinajstić information content (AvgIpc) is 3.29. The van der Waals surface area contributed by atoms with Gasteiger partial charge in [-0.15, -0.1) is 0 Å². The molecule has 1 saturated heterocycles. The molecule has 29 heavy (non-hydrogen) atoms. The second kappa shape index (κ2) is 8.27. The van der Waals surface area contributed by atoms with Crippen LogP contribution in [0.5, 0.6) is 5.75 Å². The van der Waals surface area contributed by atoms with Crippen LogP contribution in [-0.2, 0) is 11.3 Å². The predicted molar refractivity (Wildman–Crippen MR) is 115 cm³/mol. The Morgan fingerprint density at radius 1 is 1.17 bits per heavy atom. The van der Waals surface area contributed by atoms with E-state index in [4.69, 9.17) is 9.72 Å². The summed E-state index contributed by atoms with van der Waals surface area (Å²) in [6.45, 7) is 8.12. The van der Waals surface area contributed by atoms with Crippen molar-refractivity contribution in [1.29, 1.82) is 0 Å². The van der Waals surface area contributed by atoms with Gasteiger partial charge in [-0.25, -0.2) is 4.98 Å². The van der Waals surface area contributed by atoms with E-state index >= 15 is 0 Å². The molecule has 0 saturated carbocycles. The first kappa shape index (κ1) is 19.5. The number of hydrogen-bond acceptors (Lipinski definition) is 3. The maximum Gasteiger partial charge on any atom is 0.220 e. The molecule has 2 heterocycles. The van der Waals surface area contributed by atoms with Crippen LogP contribution in [-0.4, -0.2) is 33.5 Å². The first-order valence-electron chi connectivity index (χ1n) is 10.5. The minimum absolute atomic E-state index is 0.0697. The van der Waals surface area contributed by atoms with E-state index in [2.05, 4.69) is 48.7 Å². The third-order valence-electron chi connectivity index (χ3n) is 5.63. The topological polar surface area (TPSA) is 47.4 Å². The maximum absolute atomic E-state index is 12.1. The minimum atomic E-state index is 0.0697. The van der Waals surface area contributed by atoms with Gasteiger partial charge in [0, 0.05) is 20.0 Å². The fourth-order valence-electron chi connectivity index (χ4n) is 4.42. The first-order valence-corrected chi connectivity index (χ1v) is 10.5. The highest BCUT2D eigenvalue weighted by atomic mass is 16.5. The van der Waals surface area contributed by atoms with E-state index in [1.54, 1.807) is 6.92 Å². The highest BCUT2D eigenvalue weighted by Crippen LogP contribution is 2.33. The summed E-state index contributed by atoms with van der Waals surface area (Å²) < 4.78 is 8.29. The number of ether oxygens (including phenoxy) is 1. The number of carbonyl (C=O) groups is 1. The van der Waals surface area contributed by atoms with Crippen LogP contribution in [0, 0.1) is 13.8 Å². The molecule has 0 aliphatic carbocycles. The molecule has 5 heteroatoms. The Kier molecular flexibility index (Phi) is 5.56. The molecule has 1 atom stereocenters. The summed E-state index contributed by atoms with van der Waals surface area (Å²) in [7, 11) is 0. The van der Waals surface area contributed by atoms with Crippen molar-refractivity contribution in [3.05, 3.63) is 59.4 Å². The zero-order valence-corrected chi connectivity index (χ0v) is 17.5. The molecule has 1 aromatic heterocycles. The number of nitrogens with zero attached hydrogens (tertiary/aromatic N) is 3. The number of aryl methyl sites for hydroxylation is 3. The monoisotopic (exact) mass is 391 g/mol.